The van der Waals surface area contributed by atoms with Gasteiger partial charge < -0.3 is 0 Å². The van der Waals surface area contributed by atoms with Gasteiger partial charge >= 0.3 is 0 Å². The standard InChI is InChI=1S/C66H106S4/c1-9-17-23-27-29-33-39-53(37-31-25-19-11-3)45-55-41-43-67-63(55)61-49-59-57(47-51(15-7)35-21-13-5)66-60(58(65(59)69-61)48-52(16-8)36-22-14-6)50-62(70-66)64-56(42-44-68-64)46-54(38-32-26-20-12-4)40-34-30-28-24-18-10-2/h41-44,49-54H,9-40,45-48H2,1-8H3. The van der Waals surface area contributed by atoms with E-state index in [9.17, 15) is 0 Å². The number of hydrogen-bond acceptors (Lipinski definition) is 4. The summed E-state index contributed by atoms with van der Waals surface area (Å²) in [6, 6.07) is 10.6. The molecule has 0 saturated carbocycles. The van der Waals surface area contributed by atoms with E-state index >= 15 is 0 Å². The largest absolute Gasteiger partial charge is 0.143 e. The van der Waals surface area contributed by atoms with Crippen LogP contribution >= 0.6 is 45.3 Å². The van der Waals surface area contributed by atoms with Crippen LogP contribution in [0.5, 0.6) is 0 Å². The lowest BCUT2D eigenvalue weighted by molar-refractivity contribution is 0.403. The zero-order chi connectivity index (χ0) is 49.8. The molecule has 4 heteroatoms. The molecule has 0 spiro atoms. The molecule has 0 aliphatic rings. The van der Waals surface area contributed by atoms with Crippen LogP contribution in [0.1, 0.15) is 283 Å². The third-order valence-corrected chi connectivity index (χ3v) is 21.2. The maximum atomic E-state index is 2.75. The number of benzene rings is 1. The molecule has 4 aromatic heterocycles. The maximum absolute atomic E-state index is 2.75. The van der Waals surface area contributed by atoms with Gasteiger partial charge in [-0.2, -0.15) is 0 Å². The first-order valence-corrected chi connectivity index (χ1v) is 34.0. The highest BCUT2D eigenvalue weighted by molar-refractivity contribution is 7.27. The van der Waals surface area contributed by atoms with Gasteiger partial charge in [0.15, 0.2) is 0 Å². The Kier molecular flexibility index (Phi) is 29.6. The first kappa shape index (κ1) is 59.4. The van der Waals surface area contributed by atoms with Gasteiger partial charge in [0, 0.05) is 28.9 Å². The third kappa shape index (κ3) is 19.0. The molecular formula is C66H106S4. The number of hydrogen-bond donors (Lipinski definition) is 0. The molecule has 5 aromatic rings. The van der Waals surface area contributed by atoms with E-state index in [1.807, 2.05) is 22.7 Å². The number of fused-ring (bicyclic) bond motifs is 2. The summed E-state index contributed by atoms with van der Waals surface area (Å²) in [4.78, 5) is 6.30. The lowest BCUT2D eigenvalue weighted by Crippen LogP contribution is -2.06. The van der Waals surface area contributed by atoms with Crippen molar-refractivity contribution in [2.24, 2.45) is 23.7 Å². The normalized spacial score (nSPS) is 13.8. The van der Waals surface area contributed by atoms with Crippen molar-refractivity contribution in [1.29, 1.82) is 0 Å². The second-order valence-electron chi connectivity index (χ2n) is 22.4. The minimum absolute atomic E-state index is 0.736. The van der Waals surface area contributed by atoms with E-state index < -0.39 is 0 Å². The van der Waals surface area contributed by atoms with Crippen molar-refractivity contribution >= 4 is 65.5 Å². The van der Waals surface area contributed by atoms with E-state index in [2.05, 4.69) is 113 Å². The van der Waals surface area contributed by atoms with Gasteiger partial charge in [0.25, 0.3) is 0 Å². The van der Waals surface area contributed by atoms with Crippen LogP contribution in [0.25, 0.3) is 39.7 Å². The molecule has 0 N–H and O–H groups in total. The Morgan fingerprint density at radius 1 is 0.343 bits per heavy atom. The van der Waals surface area contributed by atoms with Gasteiger partial charge in [0.05, 0.1) is 0 Å². The second kappa shape index (κ2) is 34.9. The van der Waals surface area contributed by atoms with Crippen molar-refractivity contribution in [3.05, 3.63) is 57.3 Å². The fourth-order valence-electron chi connectivity index (χ4n) is 11.9. The van der Waals surface area contributed by atoms with Crippen molar-refractivity contribution in [3.8, 4) is 19.5 Å². The predicted octanol–water partition coefficient (Wildman–Crippen LogP) is 24.9. The number of thiophene rings is 4. The molecule has 4 unspecified atom stereocenters. The highest BCUT2D eigenvalue weighted by Crippen LogP contribution is 2.50. The first-order valence-electron chi connectivity index (χ1n) is 30.6. The topological polar surface area (TPSA) is 0 Å². The summed E-state index contributed by atoms with van der Waals surface area (Å²) in [5, 5.41) is 8.13. The summed E-state index contributed by atoms with van der Waals surface area (Å²) in [5.41, 5.74) is 6.68. The van der Waals surface area contributed by atoms with Crippen LogP contribution in [0.2, 0.25) is 0 Å². The van der Waals surface area contributed by atoms with Crippen LogP contribution in [-0.2, 0) is 25.7 Å². The van der Waals surface area contributed by atoms with E-state index in [4.69, 9.17) is 0 Å². The molecule has 394 valence electrons. The first-order chi connectivity index (χ1) is 34.4. The lowest BCUT2D eigenvalue weighted by atomic mass is 9.86. The molecular weight excluding hydrogens is 921 g/mol. The zero-order valence-electron chi connectivity index (χ0n) is 46.9. The van der Waals surface area contributed by atoms with Crippen LogP contribution in [0.15, 0.2) is 35.0 Å². The maximum Gasteiger partial charge on any atom is 0.0475 e. The quantitative estimate of drug-likeness (QED) is 0.0342. The monoisotopic (exact) mass is 1030 g/mol. The summed E-state index contributed by atoms with van der Waals surface area (Å²) in [6.07, 6.45) is 49.0. The zero-order valence-corrected chi connectivity index (χ0v) is 50.1. The highest BCUT2D eigenvalue weighted by Gasteiger charge is 2.26. The van der Waals surface area contributed by atoms with E-state index in [1.165, 1.54) is 231 Å². The Morgan fingerprint density at radius 2 is 0.657 bits per heavy atom. The van der Waals surface area contributed by atoms with Crippen molar-refractivity contribution in [1.82, 2.24) is 0 Å². The van der Waals surface area contributed by atoms with Gasteiger partial charge in [0.2, 0.25) is 0 Å². The Bertz CT molecular complexity index is 1880. The second-order valence-corrected chi connectivity index (χ2v) is 26.3. The van der Waals surface area contributed by atoms with E-state index in [1.54, 1.807) is 61.9 Å². The van der Waals surface area contributed by atoms with E-state index in [0.717, 1.165) is 23.7 Å². The SMILES string of the molecule is CCCCCCCCC(CCCCCC)Cc1ccsc1-c1cc2c(CC(CC)CCCC)c3sc(-c4sccc4CC(CCCCCC)CCCCCCCC)cc3c(CC(CC)CCCC)c2s1. The number of rotatable bonds is 42. The molecule has 5 rings (SSSR count). The minimum atomic E-state index is 0.736. The van der Waals surface area contributed by atoms with E-state index in [-0.39, 0.29) is 0 Å². The van der Waals surface area contributed by atoms with Gasteiger partial charge in [-0.05, 0) is 117 Å². The predicted molar refractivity (Wildman–Crippen MR) is 326 cm³/mol. The summed E-state index contributed by atoms with van der Waals surface area (Å²) in [6.45, 7) is 19.1. The van der Waals surface area contributed by atoms with Crippen molar-refractivity contribution < 1.29 is 0 Å². The van der Waals surface area contributed by atoms with Crippen LogP contribution in [0.3, 0.4) is 0 Å². The summed E-state index contributed by atoms with van der Waals surface area (Å²) < 4.78 is 3.28. The summed E-state index contributed by atoms with van der Waals surface area (Å²) >= 11 is 8.48. The molecule has 1 aromatic carbocycles. The van der Waals surface area contributed by atoms with Crippen LogP contribution in [0, 0.1) is 23.7 Å². The fourth-order valence-corrected chi connectivity index (χ4v) is 16.6. The van der Waals surface area contributed by atoms with Crippen molar-refractivity contribution in [2.75, 3.05) is 0 Å². The molecule has 0 fully saturated rings. The van der Waals surface area contributed by atoms with Crippen molar-refractivity contribution in [3.63, 3.8) is 0 Å². The minimum Gasteiger partial charge on any atom is -0.143 e. The average Bonchev–Trinajstić information content (AvgIpc) is 4.21. The van der Waals surface area contributed by atoms with Crippen LogP contribution < -0.4 is 0 Å². The molecule has 0 nitrogen and oxygen atoms in total. The summed E-state index contributed by atoms with van der Waals surface area (Å²) in [5.74, 6) is 3.09. The Morgan fingerprint density at radius 3 is 1.00 bits per heavy atom. The van der Waals surface area contributed by atoms with Crippen molar-refractivity contribution in [2.45, 2.75) is 287 Å². The molecule has 70 heavy (non-hydrogen) atoms. The van der Waals surface area contributed by atoms with E-state index in [0.29, 0.717) is 0 Å². The summed E-state index contributed by atoms with van der Waals surface area (Å²) in [7, 11) is 0. The molecule has 0 bridgehead atoms. The average molecular weight is 1030 g/mol. The molecule has 0 saturated heterocycles. The van der Waals surface area contributed by atoms with Gasteiger partial charge in [0.1, 0.15) is 0 Å². The Hall–Kier alpha value is -1.46. The molecule has 0 aliphatic heterocycles. The molecule has 0 radical (unpaired) electrons. The lowest BCUT2D eigenvalue weighted by Gasteiger charge is -2.20. The van der Waals surface area contributed by atoms with Gasteiger partial charge in [-0.15, -0.1) is 45.3 Å². The fraction of sp³-hybridized carbons (Fsp3) is 0.727. The van der Waals surface area contributed by atoms with Gasteiger partial charge in [-0.25, -0.2) is 0 Å². The third-order valence-electron chi connectivity index (χ3n) is 16.6. The smallest absolute Gasteiger partial charge is 0.0475 e. The van der Waals surface area contributed by atoms with Gasteiger partial charge in [-0.1, -0.05) is 261 Å². The molecule has 0 amide bonds. The molecule has 4 atom stereocenters. The number of unbranched alkanes of at least 4 members (excludes halogenated alkanes) is 18. The Balaban J connectivity index is 1.59. The molecule has 0 aliphatic carbocycles. The van der Waals surface area contributed by atoms with Crippen LogP contribution in [-0.4, -0.2) is 0 Å². The Labute approximate surface area is 449 Å². The van der Waals surface area contributed by atoms with Crippen LogP contribution in [0.4, 0.5) is 0 Å². The molecule has 4 heterocycles. The van der Waals surface area contributed by atoms with Gasteiger partial charge in [-0.3, -0.25) is 0 Å². The highest BCUT2D eigenvalue weighted by atomic mass is 32.1.